The Balaban J connectivity index is 1.34. The number of halogens is 2. The van der Waals surface area contributed by atoms with Gasteiger partial charge in [0.2, 0.25) is 11.0 Å². The van der Waals surface area contributed by atoms with E-state index in [0.717, 1.165) is 15.5 Å². The average molecular weight is 675 g/mol. The molecule has 1 atom stereocenters. The molecule has 1 aromatic heterocycles. The molecule has 0 bridgehead atoms. The molecule has 0 spiro atoms. The third-order valence-corrected chi connectivity index (χ3v) is 8.96. The van der Waals surface area contributed by atoms with E-state index in [1.54, 1.807) is 72.8 Å². The number of anilines is 2. The second kappa shape index (κ2) is 15.0. The number of nitrogens with one attached hydrogen (secondary N) is 3. The third-order valence-electron chi connectivity index (χ3n) is 6.28. The number of aryl methyl sites for hydroxylation is 1. The Labute approximate surface area is 277 Å². The van der Waals surface area contributed by atoms with Gasteiger partial charge in [0, 0.05) is 31.8 Å². The first-order valence-electron chi connectivity index (χ1n) is 13.5. The van der Waals surface area contributed by atoms with Crippen LogP contribution in [0, 0.1) is 6.92 Å². The molecule has 0 radical (unpaired) electrons. The van der Waals surface area contributed by atoms with E-state index in [4.69, 9.17) is 23.2 Å². The van der Waals surface area contributed by atoms with Crippen molar-refractivity contribution in [2.24, 2.45) is 0 Å². The van der Waals surface area contributed by atoms with Crippen molar-refractivity contribution < 1.29 is 14.4 Å². The normalized spacial score (nSPS) is 11.8. The van der Waals surface area contributed by atoms with Crippen LogP contribution in [0.1, 0.15) is 31.7 Å². The highest BCUT2D eigenvalue weighted by molar-refractivity contribution is 8.00. The lowest BCUT2D eigenvalue weighted by Crippen LogP contribution is -2.30. The third kappa shape index (κ3) is 8.58. The van der Waals surface area contributed by atoms with E-state index in [0.29, 0.717) is 32.0 Å². The van der Waals surface area contributed by atoms with Crippen molar-refractivity contribution in [1.29, 1.82) is 0 Å². The van der Waals surface area contributed by atoms with E-state index in [9.17, 15) is 14.4 Å². The Kier molecular flexibility index (Phi) is 10.6. The lowest BCUT2D eigenvalue weighted by Gasteiger charge is -2.16. The molecule has 4 aromatic carbocycles. The van der Waals surface area contributed by atoms with Gasteiger partial charge in [-0.2, -0.15) is 0 Å². The van der Waals surface area contributed by atoms with Crippen LogP contribution >= 0.6 is 46.3 Å². The lowest BCUT2D eigenvalue weighted by atomic mass is 10.1. The number of carbonyl (C=O) groups is 3. The van der Waals surface area contributed by atoms with E-state index in [2.05, 4.69) is 26.1 Å². The SMILES string of the molecule is Cc1nnc(NC(=O)C(Sc2ccc(NC(=O)/C(=C/c3c(Cl)cccc3Cl)NC(=O)c3ccccc3)cc2)c2ccccc2)s1. The van der Waals surface area contributed by atoms with Crippen molar-refractivity contribution in [2.45, 2.75) is 17.1 Å². The predicted octanol–water partition coefficient (Wildman–Crippen LogP) is 8.04. The van der Waals surface area contributed by atoms with Crippen LogP contribution in [0.25, 0.3) is 6.08 Å². The fourth-order valence-electron chi connectivity index (χ4n) is 4.11. The Bertz CT molecular complexity index is 1830. The van der Waals surface area contributed by atoms with E-state index in [1.165, 1.54) is 29.2 Å². The van der Waals surface area contributed by atoms with E-state index in [1.807, 2.05) is 37.3 Å². The maximum absolute atomic E-state index is 13.5. The standard InChI is InChI=1S/C33H25Cl2N5O3S2/c1-20-39-40-33(44-20)38-32(43)29(21-9-4-2-5-10-21)45-24-17-15-23(16-18-24)36-31(42)28(19-25-26(34)13-8-14-27(25)35)37-30(41)22-11-6-3-7-12-22/h2-19,29H,1H3,(H,36,42)(H,37,41)(H,38,40,43)/b28-19-. The first-order valence-corrected chi connectivity index (χ1v) is 16.0. The molecule has 0 aliphatic rings. The zero-order valence-electron chi connectivity index (χ0n) is 23.7. The van der Waals surface area contributed by atoms with Crippen LogP contribution in [0.5, 0.6) is 0 Å². The van der Waals surface area contributed by atoms with Crippen molar-refractivity contribution in [3.63, 3.8) is 0 Å². The van der Waals surface area contributed by atoms with Crippen LogP contribution in [0.3, 0.4) is 0 Å². The summed E-state index contributed by atoms with van der Waals surface area (Å²) in [5.41, 5.74) is 2.01. The molecule has 0 fully saturated rings. The Morgan fingerprint density at radius 3 is 2.07 bits per heavy atom. The van der Waals surface area contributed by atoms with Crippen molar-refractivity contribution in [2.75, 3.05) is 10.6 Å². The quantitative estimate of drug-likeness (QED) is 0.102. The Morgan fingerprint density at radius 2 is 1.44 bits per heavy atom. The average Bonchev–Trinajstić information content (AvgIpc) is 3.46. The smallest absolute Gasteiger partial charge is 0.272 e. The minimum atomic E-state index is -0.579. The predicted molar refractivity (Wildman–Crippen MR) is 182 cm³/mol. The fraction of sp³-hybridized carbons (Fsp3) is 0.0606. The second-order valence-corrected chi connectivity index (χ2v) is 12.7. The van der Waals surface area contributed by atoms with E-state index < -0.39 is 17.1 Å². The van der Waals surface area contributed by atoms with E-state index >= 15 is 0 Å². The summed E-state index contributed by atoms with van der Waals surface area (Å²) in [6, 6.07) is 30.0. The molecule has 0 saturated carbocycles. The van der Waals surface area contributed by atoms with E-state index in [-0.39, 0.29) is 11.6 Å². The van der Waals surface area contributed by atoms with Crippen molar-refractivity contribution in [3.8, 4) is 0 Å². The minimum absolute atomic E-state index is 0.0509. The van der Waals surface area contributed by atoms with Crippen molar-refractivity contribution in [1.82, 2.24) is 15.5 Å². The summed E-state index contributed by atoms with van der Waals surface area (Å²) in [6.07, 6.45) is 1.44. The maximum atomic E-state index is 13.5. The minimum Gasteiger partial charge on any atom is -0.321 e. The first-order chi connectivity index (χ1) is 21.8. The van der Waals surface area contributed by atoms with Crippen LogP contribution in [0.15, 0.2) is 114 Å². The molecule has 0 aliphatic heterocycles. The first kappa shape index (κ1) is 31.9. The molecule has 3 amide bonds. The monoisotopic (exact) mass is 673 g/mol. The van der Waals surface area contributed by atoms with Gasteiger partial charge in [0.05, 0.1) is 0 Å². The zero-order valence-corrected chi connectivity index (χ0v) is 26.8. The molecular formula is C33H25Cl2N5O3S2. The van der Waals surface area contributed by atoms with Gasteiger partial charge in [0.25, 0.3) is 11.8 Å². The largest absolute Gasteiger partial charge is 0.321 e. The highest BCUT2D eigenvalue weighted by Gasteiger charge is 2.23. The Morgan fingerprint density at radius 1 is 0.800 bits per heavy atom. The van der Waals surface area contributed by atoms with Crippen molar-refractivity contribution in [3.05, 3.63) is 141 Å². The zero-order chi connectivity index (χ0) is 31.8. The van der Waals surface area contributed by atoms with Gasteiger partial charge in [-0.3, -0.25) is 19.7 Å². The number of benzene rings is 4. The number of rotatable bonds is 10. The van der Waals surface area contributed by atoms with Crippen LogP contribution in [0.2, 0.25) is 10.0 Å². The summed E-state index contributed by atoms with van der Waals surface area (Å²) in [5, 5.41) is 17.6. The van der Waals surface area contributed by atoms with Crippen LogP contribution in [0.4, 0.5) is 10.8 Å². The fourth-order valence-corrected chi connectivity index (χ4v) is 6.23. The van der Waals surface area contributed by atoms with Gasteiger partial charge in [-0.15, -0.1) is 22.0 Å². The molecule has 12 heteroatoms. The maximum Gasteiger partial charge on any atom is 0.272 e. The van der Waals surface area contributed by atoms with Gasteiger partial charge < -0.3 is 10.6 Å². The lowest BCUT2D eigenvalue weighted by molar-refractivity contribution is -0.116. The van der Waals surface area contributed by atoms with Gasteiger partial charge in [0.1, 0.15) is 16.0 Å². The number of hydrogen-bond acceptors (Lipinski definition) is 7. The molecular weight excluding hydrogens is 649 g/mol. The van der Waals surface area contributed by atoms with Crippen LogP contribution < -0.4 is 16.0 Å². The van der Waals surface area contributed by atoms with Gasteiger partial charge in [-0.25, -0.2) is 0 Å². The molecule has 0 saturated heterocycles. The molecule has 5 aromatic rings. The summed E-state index contributed by atoms with van der Waals surface area (Å²) in [5.74, 6) is -1.28. The highest BCUT2D eigenvalue weighted by atomic mass is 35.5. The van der Waals surface area contributed by atoms with Crippen LogP contribution in [-0.2, 0) is 9.59 Å². The molecule has 1 unspecified atom stereocenters. The summed E-state index contributed by atoms with van der Waals surface area (Å²) in [7, 11) is 0. The molecule has 45 heavy (non-hydrogen) atoms. The summed E-state index contributed by atoms with van der Waals surface area (Å²) in [6.45, 7) is 1.82. The van der Waals surface area contributed by atoms with Crippen LogP contribution in [-0.4, -0.2) is 27.9 Å². The highest BCUT2D eigenvalue weighted by Crippen LogP contribution is 2.37. The number of nitrogens with zero attached hydrogens (tertiary/aromatic N) is 2. The van der Waals surface area contributed by atoms with Gasteiger partial charge in [-0.05, 0) is 67.1 Å². The van der Waals surface area contributed by atoms with Gasteiger partial charge in [-0.1, -0.05) is 89.1 Å². The summed E-state index contributed by atoms with van der Waals surface area (Å²) in [4.78, 5) is 40.5. The second-order valence-electron chi connectivity index (χ2n) is 9.52. The summed E-state index contributed by atoms with van der Waals surface area (Å²) < 4.78 is 0. The molecule has 8 nitrogen and oxygen atoms in total. The van der Waals surface area contributed by atoms with Crippen molar-refractivity contribution >= 4 is 80.9 Å². The van der Waals surface area contributed by atoms with Gasteiger partial charge in [0.15, 0.2) is 0 Å². The number of carbonyl (C=O) groups excluding carboxylic acids is 3. The number of amides is 3. The number of aromatic nitrogens is 2. The molecule has 5 rings (SSSR count). The molecule has 226 valence electrons. The Hall–Kier alpha value is -4.48. The number of thioether (sulfide) groups is 1. The topological polar surface area (TPSA) is 113 Å². The summed E-state index contributed by atoms with van der Waals surface area (Å²) >= 11 is 15.4. The molecule has 3 N–H and O–H groups in total. The molecule has 0 aliphatic carbocycles. The van der Waals surface area contributed by atoms with Gasteiger partial charge >= 0.3 is 0 Å². The molecule has 1 heterocycles. The number of hydrogen-bond donors (Lipinski definition) is 3.